The summed E-state index contributed by atoms with van der Waals surface area (Å²) in [6.07, 6.45) is 3.29. The zero-order valence-electron chi connectivity index (χ0n) is 7.64. The second-order valence-electron chi connectivity index (χ2n) is 3.24. The maximum atomic E-state index is 10.9. The molecule has 0 saturated carbocycles. The SMILES string of the molecule is O=C(O)c1cccnc1[C@H]1CCCO1. The summed E-state index contributed by atoms with van der Waals surface area (Å²) in [7, 11) is 0. The summed E-state index contributed by atoms with van der Waals surface area (Å²) in [6.45, 7) is 0.695. The molecule has 1 N–H and O–H groups in total. The molecule has 0 bridgehead atoms. The Morgan fingerprint density at radius 2 is 2.50 bits per heavy atom. The molecule has 14 heavy (non-hydrogen) atoms. The van der Waals surface area contributed by atoms with E-state index >= 15 is 0 Å². The van der Waals surface area contributed by atoms with Crippen LogP contribution in [0.25, 0.3) is 0 Å². The molecule has 0 spiro atoms. The van der Waals surface area contributed by atoms with Gasteiger partial charge in [0.15, 0.2) is 0 Å². The lowest BCUT2D eigenvalue weighted by molar-refractivity contribution is 0.0679. The average Bonchev–Trinajstić information content (AvgIpc) is 2.70. The standard InChI is InChI=1S/C10H11NO3/c12-10(13)7-3-1-5-11-9(7)8-4-2-6-14-8/h1,3,5,8H,2,4,6H2,(H,12,13)/t8-/m1/s1. The van der Waals surface area contributed by atoms with Crippen molar-refractivity contribution < 1.29 is 14.6 Å². The van der Waals surface area contributed by atoms with Crippen LogP contribution in [-0.2, 0) is 4.74 Å². The van der Waals surface area contributed by atoms with Gasteiger partial charge in [-0.2, -0.15) is 0 Å². The number of ether oxygens (including phenoxy) is 1. The molecule has 4 nitrogen and oxygen atoms in total. The summed E-state index contributed by atoms with van der Waals surface area (Å²) in [5, 5.41) is 8.93. The first-order chi connectivity index (χ1) is 6.79. The summed E-state index contributed by atoms with van der Waals surface area (Å²) >= 11 is 0. The van der Waals surface area contributed by atoms with Crippen molar-refractivity contribution in [2.24, 2.45) is 0 Å². The number of carbonyl (C=O) groups is 1. The van der Waals surface area contributed by atoms with Gasteiger partial charge in [0.25, 0.3) is 0 Å². The van der Waals surface area contributed by atoms with E-state index in [0.29, 0.717) is 12.3 Å². The molecule has 1 atom stereocenters. The van der Waals surface area contributed by atoms with Crippen LogP contribution in [0.3, 0.4) is 0 Å². The molecule has 0 aromatic carbocycles. The molecule has 1 fully saturated rings. The van der Waals surface area contributed by atoms with Crippen molar-refractivity contribution in [3.63, 3.8) is 0 Å². The van der Waals surface area contributed by atoms with Gasteiger partial charge in [-0.15, -0.1) is 0 Å². The molecular formula is C10H11NO3. The molecule has 0 radical (unpaired) electrons. The lowest BCUT2D eigenvalue weighted by atomic mass is 10.1. The third-order valence-electron chi connectivity index (χ3n) is 2.30. The van der Waals surface area contributed by atoms with Crippen molar-refractivity contribution >= 4 is 5.97 Å². The minimum Gasteiger partial charge on any atom is -0.478 e. The highest BCUT2D eigenvalue weighted by Gasteiger charge is 2.23. The van der Waals surface area contributed by atoms with Crippen LogP contribution in [0, 0.1) is 0 Å². The molecule has 1 aromatic rings. The van der Waals surface area contributed by atoms with Crippen LogP contribution < -0.4 is 0 Å². The fourth-order valence-electron chi connectivity index (χ4n) is 1.65. The summed E-state index contributed by atoms with van der Waals surface area (Å²) in [4.78, 5) is 15.0. The van der Waals surface area contributed by atoms with Gasteiger partial charge in [-0.25, -0.2) is 4.79 Å². The minimum absolute atomic E-state index is 0.137. The van der Waals surface area contributed by atoms with Gasteiger partial charge in [0, 0.05) is 12.8 Å². The number of hydrogen-bond acceptors (Lipinski definition) is 3. The fourth-order valence-corrected chi connectivity index (χ4v) is 1.65. The average molecular weight is 193 g/mol. The number of hydrogen-bond donors (Lipinski definition) is 1. The largest absolute Gasteiger partial charge is 0.478 e. The van der Waals surface area contributed by atoms with Gasteiger partial charge in [0.1, 0.15) is 6.10 Å². The van der Waals surface area contributed by atoms with Crippen molar-refractivity contribution in [1.82, 2.24) is 4.98 Å². The highest BCUT2D eigenvalue weighted by atomic mass is 16.5. The highest BCUT2D eigenvalue weighted by Crippen LogP contribution is 2.28. The van der Waals surface area contributed by atoms with Gasteiger partial charge >= 0.3 is 5.97 Å². The van der Waals surface area contributed by atoms with Crippen molar-refractivity contribution in [3.8, 4) is 0 Å². The highest BCUT2D eigenvalue weighted by molar-refractivity contribution is 5.88. The van der Waals surface area contributed by atoms with Crippen LogP contribution in [0.2, 0.25) is 0 Å². The van der Waals surface area contributed by atoms with E-state index in [1.165, 1.54) is 0 Å². The van der Waals surface area contributed by atoms with Gasteiger partial charge in [0.05, 0.1) is 11.3 Å². The number of rotatable bonds is 2. The van der Waals surface area contributed by atoms with E-state index in [-0.39, 0.29) is 11.7 Å². The van der Waals surface area contributed by atoms with Gasteiger partial charge in [0.2, 0.25) is 0 Å². The quantitative estimate of drug-likeness (QED) is 0.775. The smallest absolute Gasteiger partial charge is 0.337 e. The number of pyridine rings is 1. The second-order valence-corrected chi connectivity index (χ2v) is 3.24. The first-order valence-corrected chi connectivity index (χ1v) is 4.59. The van der Waals surface area contributed by atoms with E-state index in [0.717, 1.165) is 12.8 Å². The van der Waals surface area contributed by atoms with Crippen molar-refractivity contribution in [1.29, 1.82) is 0 Å². The molecule has 1 aliphatic heterocycles. The third-order valence-corrected chi connectivity index (χ3v) is 2.30. The first kappa shape index (κ1) is 9.15. The Hall–Kier alpha value is -1.42. The van der Waals surface area contributed by atoms with E-state index in [4.69, 9.17) is 9.84 Å². The zero-order chi connectivity index (χ0) is 9.97. The molecule has 1 saturated heterocycles. The van der Waals surface area contributed by atoms with E-state index in [1.54, 1.807) is 18.3 Å². The minimum atomic E-state index is -0.941. The molecule has 0 unspecified atom stereocenters. The molecule has 4 heteroatoms. The van der Waals surface area contributed by atoms with Crippen molar-refractivity contribution in [2.45, 2.75) is 18.9 Å². The van der Waals surface area contributed by atoms with E-state index in [2.05, 4.69) is 4.98 Å². The van der Waals surface area contributed by atoms with Gasteiger partial charge in [-0.1, -0.05) is 0 Å². The molecule has 0 amide bonds. The number of aromatic nitrogens is 1. The lowest BCUT2D eigenvalue weighted by Gasteiger charge is -2.10. The molecule has 2 rings (SSSR count). The number of nitrogens with zero attached hydrogens (tertiary/aromatic N) is 1. The summed E-state index contributed by atoms with van der Waals surface area (Å²) in [6, 6.07) is 3.19. The monoisotopic (exact) mass is 193 g/mol. The Morgan fingerprint density at radius 1 is 1.64 bits per heavy atom. The fraction of sp³-hybridized carbons (Fsp3) is 0.400. The van der Waals surface area contributed by atoms with Crippen molar-refractivity contribution in [2.75, 3.05) is 6.61 Å². The third kappa shape index (κ3) is 1.61. The first-order valence-electron chi connectivity index (χ1n) is 4.59. The van der Waals surface area contributed by atoms with Crippen LogP contribution in [0.1, 0.15) is 35.0 Å². The Bertz CT molecular complexity index is 345. The predicted octanol–water partition coefficient (Wildman–Crippen LogP) is 1.63. The molecule has 2 heterocycles. The van der Waals surface area contributed by atoms with Crippen LogP contribution in [0.5, 0.6) is 0 Å². The van der Waals surface area contributed by atoms with Gasteiger partial charge < -0.3 is 9.84 Å². The zero-order valence-corrected chi connectivity index (χ0v) is 7.64. The molecule has 74 valence electrons. The van der Waals surface area contributed by atoms with E-state index in [1.807, 2.05) is 0 Å². The maximum absolute atomic E-state index is 10.9. The van der Waals surface area contributed by atoms with E-state index < -0.39 is 5.97 Å². The maximum Gasteiger partial charge on any atom is 0.337 e. The summed E-state index contributed by atoms with van der Waals surface area (Å²) in [5.74, 6) is -0.941. The number of carboxylic acids is 1. The van der Waals surface area contributed by atoms with Crippen LogP contribution in [0.4, 0.5) is 0 Å². The summed E-state index contributed by atoms with van der Waals surface area (Å²) in [5.41, 5.74) is 0.803. The van der Waals surface area contributed by atoms with Crippen LogP contribution in [-0.4, -0.2) is 22.7 Å². The normalized spacial score (nSPS) is 21.0. The molecule has 1 aliphatic rings. The molecular weight excluding hydrogens is 182 g/mol. The van der Waals surface area contributed by atoms with Gasteiger partial charge in [-0.05, 0) is 25.0 Å². The Morgan fingerprint density at radius 3 is 3.14 bits per heavy atom. The van der Waals surface area contributed by atoms with Crippen LogP contribution >= 0.6 is 0 Å². The number of aromatic carboxylic acids is 1. The lowest BCUT2D eigenvalue weighted by Crippen LogP contribution is -2.08. The van der Waals surface area contributed by atoms with Crippen LogP contribution in [0.15, 0.2) is 18.3 Å². The molecule has 1 aromatic heterocycles. The Balaban J connectivity index is 2.35. The van der Waals surface area contributed by atoms with Gasteiger partial charge in [-0.3, -0.25) is 4.98 Å². The second kappa shape index (κ2) is 3.75. The van der Waals surface area contributed by atoms with E-state index in [9.17, 15) is 4.79 Å². The molecule has 0 aliphatic carbocycles. The summed E-state index contributed by atoms with van der Waals surface area (Å²) < 4.78 is 5.40. The Kier molecular flexibility index (Phi) is 2.45. The Labute approximate surface area is 81.5 Å². The number of carboxylic acid groups (broad SMARTS) is 1. The predicted molar refractivity (Wildman–Crippen MR) is 49.1 cm³/mol. The van der Waals surface area contributed by atoms with Crippen molar-refractivity contribution in [3.05, 3.63) is 29.6 Å². The topological polar surface area (TPSA) is 59.4 Å².